The molecular weight excluding hydrogens is 478 g/mol. The maximum atomic E-state index is 11.4. The largest absolute Gasteiger partial charge is 0.372 e. The Labute approximate surface area is 211 Å². The monoisotopic (exact) mass is 509 g/mol. The van der Waals surface area contributed by atoms with E-state index in [0.29, 0.717) is 12.6 Å². The van der Waals surface area contributed by atoms with Crippen molar-refractivity contribution in [2.24, 2.45) is 0 Å². The fourth-order valence-electron chi connectivity index (χ4n) is 3.87. The van der Waals surface area contributed by atoms with Crippen LogP contribution in [0.3, 0.4) is 0 Å². The quantitative estimate of drug-likeness (QED) is 0.267. The van der Waals surface area contributed by atoms with Crippen LogP contribution < -0.4 is 10.1 Å². The number of hydrogen-bond donors (Lipinski definition) is 2. The van der Waals surface area contributed by atoms with Crippen molar-refractivity contribution in [2.75, 3.05) is 32.6 Å². The van der Waals surface area contributed by atoms with E-state index in [2.05, 4.69) is 34.7 Å². The molecule has 0 saturated carbocycles. The van der Waals surface area contributed by atoms with E-state index in [0.717, 1.165) is 66.8 Å². The summed E-state index contributed by atoms with van der Waals surface area (Å²) in [6.07, 6.45) is 5.27. The minimum absolute atomic E-state index is 0.260. The number of unbranched alkanes of at least 4 members (excludes halogenated alkanes) is 1. The summed E-state index contributed by atoms with van der Waals surface area (Å²) >= 11 is 0. The van der Waals surface area contributed by atoms with Gasteiger partial charge in [0.05, 0.1) is 23.3 Å². The Morgan fingerprint density at radius 1 is 1.03 bits per heavy atom. The lowest BCUT2D eigenvalue weighted by Crippen LogP contribution is -2.32. The first-order valence-corrected chi connectivity index (χ1v) is 13.8. The van der Waals surface area contributed by atoms with Gasteiger partial charge in [-0.05, 0) is 12.8 Å². The first-order valence-electron chi connectivity index (χ1n) is 11.9. The van der Waals surface area contributed by atoms with Crippen LogP contribution in [-0.2, 0) is 26.0 Å². The lowest BCUT2D eigenvalue weighted by molar-refractivity contribution is -0.123. The predicted octanol–water partition coefficient (Wildman–Crippen LogP) is 2.41. The lowest BCUT2D eigenvalue weighted by atomic mass is 10.0. The lowest BCUT2D eigenvalue weighted by Gasteiger charge is -2.11. The molecule has 0 aliphatic carbocycles. The zero-order valence-corrected chi connectivity index (χ0v) is 21.1. The molecule has 2 heterocycles. The van der Waals surface area contributed by atoms with Gasteiger partial charge in [0.25, 0.3) is 5.91 Å². The van der Waals surface area contributed by atoms with Crippen LogP contribution >= 0.6 is 0 Å². The van der Waals surface area contributed by atoms with E-state index in [4.69, 9.17) is 14.7 Å². The number of hydrazine groups is 1. The highest BCUT2D eigenvalue weighted by molar-refractivity contribution is 7.89. The fraction of sp³-hybridized carbons (Fsp3) is 0.346. The molecule has 1 amide bonds. The standard InChI is InChI=1S/C26H31N5O4S/c1-36(33,34)30-24(32)19-35-15-9-8-14-28-31-18-23(31)16-22-17-27-25(20-10-4-2-5-11-20)26(29-22)21-12-6-3-7-13-21/h2-7,10-13,17,23,28H,8-9,14-16,18-19H2,1H3,(H,30,32). The molecule has 1 saturated heterocycles. The number of carbonyl (C=O) groups excluding carboxylic acids is 1. The molecule has 36 heavy (non-hydrogen) atoms. The van der Waals surface area contributed by atoms with Crippen molar-refractivity contribution >= 4 is 15.9 Å². The summed E-state index contributed by atoms with van der Waals surface area (Å²) in [6.45, 7) is 1.88. The van der Waals surface area contributed by atoms with E-state index in [1.807, 2.05) is 47.3 Å². The van der Waals surface area contributed by atoms with Crippen LogP contribution in [0.2, 0.25) is 0 Å². The average molecular weight is 510 g/mol. The number of nitrogens with zero attached hydrogens (tertiary/aromatic N) is 3. The summed E-state index contributed by atoms with van der Waals surface area (Å²) < 4.78 is 29.0. The van der Waals surface area contributed by atoms with Crippen LogP contribution in [0.15, 0.2) is 66.9 Å². The topological polar surface area (TPSA) is 113 Å². The second-order valence-corrected chi connectivity index (χ2v) is 10.5. The van der Waals surface area contributed by atoms with Crippen molar-refractivity contribution in [3.05, 3.63) is 72.6 Å². The van der Waals surface area contributed by atoms with E-state index in [1.165, 1.54) is 0 Å². The maximum Gasteiger partial charge on any atom is 0.259 e. The molecule has 0 radical (unpaired) electrons. The highest BCUT2D eigenvalue weighted by Crippen LogP contribution is 2.29. The Morgan fingerprint density at radius 2 is 1.69 bits per heavy atom. The van der Waals surface area contributed by atoms with Gasteiger partial charge in [0.1, 0.15) is 6.61 Å². The van der Waals surface area contributed by atoms with E-state index in [9.17, 15) is 13.2 Å². The minimum atomic E-state index is -3.54. The number of benzene rings is 2. The Kier molecular flexibility index (Phi) is 8.76. The normalized spacial score (nSPS) is 17.0. The van der Waals surface area contributed by atoms with E-state index in [-0.39, 0.29) is 6.61 Å². The molecule has 2 unspecified atom stereocenters. The van der Waals surface area contributed by atoms with Gasteiger partial charge in [-0.15, -0.1) is 0 Å². The van der Waals surface area contributed by atoms with E-state index in [1.54, 1.807) is 0 Å². The molecule has 2 atom stereocenters. The van der Waals surface area contributed by atoms with Crippen LogP contribution in [0.5, 0.6) is 0 Å². The summed E-state index contributed by atoms with van der Waals surface area (Å²) in [5.41, 5.74) is 8.24. The maximum absolute atomic E-state index is 11.4. The summed E-state index contributed by atoms with van der Waals surface area (Å²) in [5.74, 6) is -0.655. The number of aromatic nitrogens is 2. The molecule has 2 aromatic carbocycles. The van der Waals surface area contributed by atoms with Crippen molar-refractivity contribution in [1.29, 1.82) is 0 Å². The van der Waals surface area contributed by atoms with Gasteiger partial charge in [-0.3, -0.25) is 19.9 Å². The Hall–Kier alpha value is -3.18. The van der Waals surface area contributed by atoms with Gasteiger partial charge in [0.2, 0.25) is 10.0 Å². The van der Waals surface area contributed by atoms with E-state index < -0.39 is 15.9 Å². The van der Waals surface area contributed by atoms with Gasteiger partial charge in [0, 0.05) is 49.5 Å². The summed E-state index contributed by atoms with van der Waals surface area (Å²) in [6, 6.07) is 20.7. The number of sulfonamides is 1. The molecule has 2 N–H and O–H groups in total. The summed E-state index contributed by atoms with van der Waals surface area (Å²) in [4.78, 5) is 21.2. The van der Waals surface area contributed by atoms with Crippen molar-refractivity contribution in [3.8, 4) is 22.5 Å². The smallest absolute Gasteiger partial charge is 0.259 e. The van der Waals surface area contributed by atoms with Crippen LogP contribution in [0.25, 0.3) is 22.5 Å². The Morgan fingerprint density at radius 3 is 2.36 bits per heavy atom. The highest BCUT2D eigenvalue weighted by atomic mass is 32.2. The molecule has 0 spiro atoms. The third-order valence-corrected chi connectivity index (χ3v) is 6.24. The van der Waals surface area contributed by atoms with Gasteiger partial charge in [0.15, 0.2) is 0 Å². The van der Waals surface area contributed by atoms with Gasteiger partial charge in [-0.2, -0.15) is 0 Å². The number of ether oxygens (including phenoxy) is 1. The molecule has 1 aromatic heterocycles. The minimum Gasteiger partial charge on any atom is -0.372 e. The molecule has 1 aliphatic rings. The summed E-state index contributed by atoms with van der Waals surface area (Å²) in [5, 5.41) is 2.19. The fourth-order valence-corrected chi connectivity index (χ4v) is 4.34. The number of carbonyl (C=O) groups is 1. The third-order valence-electron chi connectivity index (χ3n) is 5.64. The second-order valence-electron chi connectivity index (χ2n) is 8.77. The zero-order valence-electron chi connectivity index (χ0n) is 20.3. The summed E-state index contributed by atoms with van der Waals surface area (Å²) in [7, 11) is -3.54. The first kappa shape index (κ1) is 25.9. The zero-order chi connectivity index (χ0) is 25.4. The molecule has 9 nitrogen and oxygen atoms in total. The molecule has 10 heteroatoms. The predicted molar refractivity (Wildman–Crippen MR) is 138 cm³/mol. The van der Waals surface area contributed by atoms with Crippen molar-refractivity contribution in [1.82, 2.24) is 25.1 Å². The molecule has 3 aromatic rings. The van der Waals surface area contributed by atoms with Crippen LogP contribution in [0.1, 0.15) is 18.5 Å². The molecule has 1 fully saturated rings. The Balaban J connectivity index is 1.23. The van der Waals surface area contributed by atoms with Gasteiger partial charge in [-0.1, -0.05) is 60.7 Å². The number of amides is 1. The number of nitrogens with one attached hydrogen (secondary N) is 2. The SMILES string of the molecule is CS(=O)(=O)NC(=O)COCCCCNN1CC1Cc1cnc(-c2ccccc2)c(-c2ccccc2)n1. The van der Waals surface area contributed by atoms with Gasteiger partial charge < -0.3 is 4.74 Å². The highest BCUT2D eigenvalue weighted by Gasteiger charge is 2.34. The molecule has 1 aliphatic heterocycles. The van der Waals surface area contributed by atoms with Gasteiger partial charge >= 0.3 is 0 Å². The molecule has 190 valence electrons. The third kappa shape index (κ3) is 7.92. The first-order chi connectivity index (χ1) is 17.4. The molecular formula is C26H31N5O4S. The van der Waals surface area contributed by atoms with Crippen molar-refractivity contribution < 1.29 is 17.9 Å². The van der Waals surface area contributed by atoms with Gasteiger partial charge in [-0.25, -0.2) is 18.4 Å². The van der Waals surface area contributed by atoms with Crippen molar-refractivity contribution in [2.45, 2.75) is 25.3 Å². The van der Waals surface area contributed by atoms with Crippen LogP contribution in [-0.4, -0.2) is 67.9 Å². The second kappa shape index (κ2) is 12.2. The molecule has 0 bridgehead atoms. The number of hydrogen-bond acceptors (Lipinski definition) is 8. The van der Waals surface area contributed by atoms with Crippen molar-refractivity contribution in [3.63, 3.8) is 0 Å². The molecule has 4 rings (SSSR count). The van der Waals surface area contributed by atoms with Crippen LogP contribution in [0, 0.1) is 0 Å². The number of rotatable bonds is 13. The van der Waals surface area contributed by atoms with Crippen LogP contribution in [0.4, 0.5) is 0 Å². The Bertz CT molecular complexity index is 1260. The average Bonchev–Trinajstić information content (AvgIpc) is 3.60. The van der Waals surface area contributed by atoms with E-state index >= 15 is 0 Å².